The van der Waals surface area contributed by atoms with Gasteiger partial charge in [-0.1, -0.05) is 39.7 Å². The lowest BCUT2D eigenvalue weighted by molar-refractivity contribution is -0.143. The summed E-state index contributed by atoms with van der Waals surface area (Å²) in [4.78, 5) is 50.1. The quantitative estimate of drug-likeness (QED) is 0.333. The molecule has 0 aliphatic carbocycles. The van der Waals surface area contributed by atoms with E-state index in [0.29, 0.717) is 50.6 Å². The number of benzene rings is 2. The lowest BCUT2D eigenvalue weighted by Gasteiger charge is -2.14. The van der Waals surface area contributed by atoms with Crippen molar-refractivity contribution in [3.05, 3.63) is 56.4 Å². The highest BCUT2D eigenvalue weighted by Crippen LogP contribution is 2.38. The first-order chi connectivity index (χ1) is 16.7. The Bertz CT molecular complexity index is 1200. The fourth-order valence-corrected chi connectivity index (χ4v) is 4.36. The van der Waals surface area contributed by atoms with Gasteiger partial charge in [0.25, 0.3) is 11.1 Å². The molecule has 0 atom stereocenters. The summed E-state index contributed by atoms with van der Waals surface area (Å²) in [5.74, 6) is -1.09. The van der Waals surface area contributed by atoms with E-state index >= 15 is 0 Å². The molecule has 1 heterocycles. The van der Waals surface area contributed by atoms with Gasteiger partial charge in [0.15, 0.2) is 18.1 Å². The van der Waals surface area contributed by atoms with Gasteiger partial charge in [-0.2, -0.15) is 0 Å². The number of anilines is 1. The van der Waals surface area contributed by atoms with Gasteiger partial charge in [-0.05, 0) is 54.6 Å². The van der Waals surface area contributed by atoms with E-state index in [-0.39, 0.29) is 11.5 Å². The van der Waals surface area contributed by atoms with Gasteiger partial charge in [-0.15, -0.1) is 0 Å². The SMILES string of the molecule is CCOc1cc(/C=C2/SC(=O)N(CC(=O)Nc3ccccc3Cl)C2=O)c(Br)cc1OCC(=O)OC. The Morgan fingerprint density at radius 1 is 1.17 bits per heavy atom. The average molecular weight is 584 g/mol. The van der Waals surface area contributed by atoms with Crippen molar-refractivity contribution in [3.8, 4) is 11.5 Å². The molecule has 12 heteroatoms. The van der Waals surface area contributed by atoms with Gasteiger partial charge < -0.3 is 19.5 Å². The number of amides is 3. The highest BCUT2D eigenvalue weighted by atomic mass is 79.9. The van der Waals surface area contributed by atoms with E-state index < -0.39 is 29.6 Å². The molecule has 0 unspecified atom stereocenters. The number of thioether (sulfide) groups is 1. The smallest absolute Gasteiger partial charge is 0.343 e. The number of hydrogen-bond acceptors (Lipinski definition) is 8. The number of carbonyl (C=O) groups excluding carboxylic acids is 4. The van der Waals surface area contributed by atoms with Gasteiger partial charge in [-0.3, -0.25) is 19.3 Å². The third-order valence-electron chi connectivity index (χ3n) is 4.55. The summed E-state index contributed by atoms with van der Waals surface area (Å²) >= 11 is 10.2. The summed E-state index contributed by atoms with van der Waals surface area (Å²) < 4.78 is 16.2. The molecular weight excluding hydrogens is 564 g/mol. The van der Waals surface area contributed by atoms with Crippen LogP contribution in [0, 0.1) is 0 Å². The van der Waals surface area contributed by atoms with Crippen LogP contribution in [0.5, 0.6) is 11.5 Å². The topological polar surface area (TPSA) is 111 Å². The Hall–Kier alpha value is -3.02. The molecule has 1 aliphatic rings. The van der Waals surface area contributed by atoms with Crippen LogP contribution in [0.3, 0.4) is 0 Å². The number of halogens is 2. The summed E-state index contributed by atoms with van der Waals surface area (Å²) in [5, 5.41) is 2.35. The summed E-state index contributed by atoms with van der Waals surface area (Å²) in [6.45, 7) is 1.34. The van der Waals surface area contributed by atoms with Gasteiger partial charge in [-0.25, -0.2) is 4.79 Å². The Morgan fingerprint density at radius 2 is 1.89 bits per heavy atom. The van der Waals surface area contributed by atoms with Crippen molar-refractivity contribution < 1.29 is 33.4 Å². The number of carbonyl (C=O) groups is 4. The number of methoxy groups -OCH3 is 1. The maximum Gasteiger partial charge on any atom is 0.343 e. The number of rotatable bonds is 9. The van der Waals surface area contributed by atoms with Gasteiger partial charge >= 0.3 is 5.97 Å². The summed E-state index contributed by atoms with van der Waals surface area (Å²) in [5.41, 5.74) is 0.911. The predicted octanol–water partition coefficient (Wildman–Crippen LogP) is 4.73. The van der Waals surface area contributed by atoms with E-state index in [9.17, 15) is 19.2 Å². The standard InChI is InChI=1S/C23H20BrClN2O7S/c1-3-33-17-8-13(14(24)10-18(17)34-12-21(29)32-2)9-19-22(30)27(23(31)35-19)11-20(28)26-16-7-5-4-6-15(16)25/h4-10H,3,11-12H2,1-2H3,(H,26,28)/b19-9+. The minimum Gasteiger partial charge on any atom is -0.490 e. The van der Waals surface area contributed by atoms with Crippen LogP contribution in [0.2, 0.25) is 5.02 Å². The van der Waals surface area contributed by atoms with Crippen molar-refractivity contribution in [1.29, 1.82) is 0 Å². The number of hydrogen-bond donors (Lipinski definition) is 1. The van der Waals surface area contributed by atoms with E-state index in [4.69, 9.17) is 21.1 Å². The maximum absolute atomic E-state index is 12.9. The van der Waals surface area contributed by atoms with Crippen LogP contribution in [0.4, 0.5) is 10.5 Å². The van der Waals surface area contributed by atoms with Crippen molar-refractivity contribution >= 4 is 74.1 Å². The lowest BCUT2D eigenvalue weighted by atomic mass is 10.1. The summed E-state index contributed by atoms with van der Waals surface area (Å²) in [6, 6.07) is 9.83. The minimum atomic E-state index is -0.606. The first-order valence-corrected chi connectivity index (χ1v) is 12.2. The van der Waals surface area contributed by atoms with E-state index in [2.05, 4.69) is 26.0 Å². The average Bonchev–Trinajstić information content (AvgIpc) is 3.08. The molecule has 184 valence electrons. The fraction of sp³-hybridized carbons (Fsp3) is 0.217. The summed E-state index contributed by atoms with van der Waals surface area (Å²) in [7, 11) is 1.25. The van der Waals surface area contributed by atoms with E-state index in [1.807, 2.05) is 0 Å². The van der Waals surface area contributed by atoms with Crippen LogP contribution in [-0.2, 0) is 19.1 Å². The van der Waals surface area contributed by atoms with Crippen molar-refractivity contribution in [3.63, 3.8) is 0 Å². The second-order valence-electron chi connectivity index (χ2n) is 6.91. The third-order valence-corrected chi connectivity index (χ3v) is 6.47. The van der Waals surface area contributed by atoms with Crippen molar-refractivity contribution in [1.82, 2.24) is 4.90 Å². The van der Waals surface area contributed by atoms with Gasteiger partial charge in [0.1, 0.15) is 6.54 Å². The molecule has 0 spiro atoms. The van der Waals surface area contributed by atoms with Crippen LogP contribution in [-0.4, -0.2) is 54.8 Å². The molecular formula is C23H20BrClN2O7S. The second-order valence-corrected chi connectivity index (χ2v) is 9.17. The molecule has 1 aliphatic heterocycles. The molecule has 2 aromatic rings. The van der Waals surface area contributed by atoms with E-state index in [0.717, 1.165) is 4.90 Å². The number of ether oxygens (including phenoxy) is 3. The number of para-hydroxylation sites is 1. The zero-order valence-electron chi connectivity index (χ0n) is 18.6. The molecule has 1 fully saturated rings. The monoisotopic (exact) mass is 582 g/mol. The van der Waals surface area contributed by atoms with Crippen LogP contribution >= 0.6 is 39.3 Å². The summed E-state index contributed by atoms with van der Waals surface area (Å²) in [6.07, 6.45) is 1.51. The number of nitrogens with one attached hydrogen (secondary N) is 1. The lowest BCUT2D eigenvalue weighted by Crippen LogP contribution is -2.36. The van der Waals surface area contributed by atoms with Crippen molar-refractivity contribution in [2.24, 2.45) is 0 Å². The Kier molecular flexibility index (Phi) is 9.19. The van der Waals surface area contributed by atoms with Crippen LogP contribution in [0.15, 0.2) is 45.8 Å². The first-order valence-electron chi connectivity index (χ1n) is 10.2. The zero-order valence-corrected chi connectivity index (χ0v) is 21.8. The molecule has 2 aromatic carbocycles. The zero-order chi connectivity index (χ0) is 25.5. The first kappa shape index (κ1) is 26.6. The fourth-order valence-electron chi connectivity index (χ4n) is 2.91. The Morgan fingerprint density at radius 3 is 2.57 bits per heavy atom. The highest BCUT2D eigenvalue weighted by molar-refractivity contribution is 9.10. The van der Waals surface area contributed by atoms with E-state index in [1.165, 1.54) is 13.2 Å². The van der Waals surface area contributed by atoms with Crippen molar-refractivity contribution in [2.45, 2.75) is 6.92 Å². The van der Waals surface area contributed by atoms with Crippen LogP contribution in [0.25, 0.3) is 6.08 Å². The van der Waals surface area contributed by atoms with E-state index in [1.54, 1.807) is 43.3 Å². The maximum atomic E-state index is 12.9. The second kappa shape index (κ2) is 12.1. The largest absolute Gasteiger partial charge is 0.490 e. The molecule has 35 heavy (non-hydrogen) atoms. The molecule has 9 nitrogen and oxygen atoms in total. The van der Waals surface area contributed by atoms with Crippen molar-refractivity contribution in [2.75, 3.05) is 32.2 Å². The van der Waals surface area contributed by atoms with Crippen LogP contribution in [0.1, 0.15) is 12.5 Å². The molecule has 0 radical (unpaired) electrons. The third kappa shape index (κ3) is 6.77. The number of esters is 1. The van der Waals surface area contributed by atoms with Gasteiger partial charge in [0, 0.05) is 4.47 Å². The molecule has 0 aromatic heterocycles. The Labute approximate surface area is 218 Å². The molecule has 0 bridgehead atoms. The molecule has 3 rings (SSSR count). The number of imide groups is 1. The molecule has 0 saturated carbocycles. The molecule has 1 saturated heterocycles. The predicted molar refractivity (Wildman–Crippen MR) is 136 cm³/mol. The minimum absolute atomic E-state index is 0.131. The van der Waals surface area contributed by atoms with Gasteiger partial charge in [0.2, 0.25) is 5.91 Å². The molecule has 3 amide bonds. The van der Waals surface area contributed by atoms with Crippen LogP contribution < -0.4 is 14.8 Å². The normalized spacial score (nSPS) is 14.3. The van der Waals surface area contributed by atoms with Gasteiger partial charge in [0.05, 0.1) is 29.3 Å². The molecule has 1 N–H and O–H groups in total. The highest BCUT2D eigenvalue weighted by Gasteiger charge is 2.36. The Balaban J connectivity index is 1.77. The number of nitrogens with zero attached hydrogens (tertiary/aromatic N) is 1.